The van der Waals surface area contributed by atoms with Crippen molar-refractivity contribution in [3.8, 4) is 0 Å². The molecule has 2 rings (SSSR count). The molecule has 0 spiro atoms. The molecule has 1 aliphatic rings. The van der Waals surface area contributed by atoms with Crippen molar-refractivity contribution in [1.82, 2.24) is 4.31 Å². The maximum absolute atomic E-state index is 12.5. The first-order chi connectivity index (χ1) is 12.2. The first-order valence-corrected chi connectivity index (χ1v) is 9.70. The number of hydrogen-bond acceptors (Lipinski definition) is 6. The Balaban J connectivity index is 2.00. The van der Waals surface area contributed by atoms with Gasteiger partial charge in [0.2, 0.25) is 15.9 Å². The largest absolute Gasteiger partial charge is 0.453 e. The third-order valence-electron chi connectivity index (χ3n) is 4.01. The molecule has 142 valence electrons. The van der Waals surface area contributed by atoms with E-state index in [1.807, 2.05) is 0 Å². The molecule has 1 saturated carbocycles. The monoisotopic (exact) mass is 382 g/mol. The van der Waals surface area contributed by atoms with Crippen molar-refractivity contribution in [3.63, 3.8) is 0 Å². The minimum absolute atomic E-state index is 0.0179. The molecule has 0 unspecified atom stereocenters. The Morgan fingerprint density at radius 3 is 2.46 bits per heavy atom. The Bertz CT molecular complexity index is 788. The number of amides is 1. The van der Waals surface area contributed by atoms with Gasteiger partial charge in [0.15, 0.2) is 11.9 Å². The normalized spacial score (nSPS) is 17.8. The summed E-state index contributed by atoms with van der Waals surface area (Å²) in [5, 5.41) is 2.54. The van der Waals surface area contributed by atoms with Gasteiger partial charge >= 0.3 is 5.97 Å². The molecule has 1 fully saturated rings. The first kappa shape index (κ1) is 20.1. The molecule has 26 heavy (non-hydrogen) atoms. The minimum Gasteiger partial charge on any atom is -0.453 e. The lowest BCUT2D eigenvalue weighted by Gasteiger charge is -2.22. The van der Waals surface area contributed by atoms with E-state index < -0.39 is 28.6 Å². The summed E-state index contributed by atoms with van der Waals surface area (Å²) in [6, 6.07) is 5.60. The highest BCUT2D eigenvalue weighted by molar-refractivity contribution is 7.89. The van der Waals surface area contributed by atoms with Crippen LogP contribution in [0.15, 0.2) is 29.2 Å². The van der Waals surface area contributed by atoms with Crippen LogP contribution in [0.2, 0.25) is 0 Å². The summed E-state index contributed by atoms with van der Waals surface area (Å²) in [6.45, 7) is 0.862. The molecule has 0 aromatic heterocycles. The molecule has 8 nitrogen and oxygen atoms in total. The van der Waals surface area contributed by atoms with Crippen LogP contribution in [0.5, 0.6) is 0 Å². The Labute approximate surface area is 152 Å². The highest BCUT2D eigenvalue weighted by atomic mass is 32.2. The van der Waals surface area contributed by atoms with Crippen LogP contribution in [0.3, 0.4) is 0 Å². The van der Waals surface area contributed by atoms with Crippen LogP contribution < -0.4 is 5.32 Å². The van der Waals surface area contributed by atoms with Gasteiger partial charge in [-0.1, -0.05) is 0 Å². The van der Waals surface area contributed by atoms with Gasteiger partial charge in [-0.15, -0.1) is 0 Å². The zero-order valence-electron chi connectivity index (χ0n) is 14.7. The quantitative estimate of drug-likeness (QED) is 0.743. The third-order valence-corrected chi connectivity index (χ3v) is 5.82. The summed E-state index contributed by atoms with van der Waals surface area (Å²) in [5.41, 5.74) is 0.467. The fraction of sp³-hybridized carbons (Fsp3) is 0.471. The maximum atomic E-state index is 12.5. The van der Waals surface area contributed by atoms with Crippen LogP contribution in [0.1, 0.15) is 32.6 Å². The van der Waals surface area contributed by atoms with Gasteiger partial charge in [0, 0.05) is 26.1 Å². The Morgan fingerprint density at radius 2 is 1.88 bits per heavy atom. The van der Waals surface area contributed by atoms with E-state index in [0.29, 0.717) is 18.5 Å². The summed E-state index contributed by atoms with van der Waals surface area (Å²) in [7, 11) is -2.63. The third kappa shape index (κ3) is 5.12. The number of sulfonamides is 1. The average molecular weight is 382 g/mol. The molecule has 1 amide bonds. The van der Waals surface area contributed by atoms with Gasteiger partial charge in [-0.3, -0.25) is 14.4 Å². The van der Waals surface area contributed by atoms with E-state index in [0.717, 1.165) is 17.1 Å². The van der Waals surface area contributed by atoms with Crippen molar-refractivity contribution in [2.75, 3.05) is 18.9 Å². The predicted molar refractivity (Wildman–Crippen MR) is 93.9 cm³/mol. The average Bonchev–Trinajstić information content (AvgIpc) is 2.57. The fourth-order valence-electron chi connectivity index (χ4n) is 2.63. The molecule has 1 aromatic rings. The number of rotatable bonds is 6. The second-order valence-electron chi connectivity index (χ2n) is 6.16. The number of hydrogen-bond donors (Lipinski definition) is 1. The van der Waals surface area contributed by atoms with E-state index in [2.05, 4.69) is 5.32 Å². The molecule has 1 aliphatic carbocycles. The van der Waals surface area contributed by atoms with Gasteiger partial charge < -0.3 is 10.1 Å². The molecular weight excluding hydrogens is 360 g/mol. The highest BCUT2D eigenvalue weighted by Crippen LogP contribution is 2.19. The first-order valence-electron chi connectivity index (χ1n) is 8.26. The lowest BCUT2D eigenvalue weighted by atomic mass is 9.96. The Kier molecular flexibility index (Phi) is 6.49. The second-order valence-corrected chi connectivity index (χ2v) is 8.20. The van der Waals surface area contributed by atoms with Gasteiger partial charge in [-0.05, 0) is 43.5 Å². The predicted octanol–water partition coefficient (Wildman–Crippen LogP) is 1.32. The molecule has 0 bridgehead atoms. The van der Waals surface area contributed by atoms with E-state index in [1.54, 1.807) is 0 Å². The van der Waals surface area contributed by atoms with E-state index >= 15 is 0 Å². The van der Waals surface area contributed by atoms with Gasteiger partial charge in [0.25, 0.3) is 0 Å². The van der Waals surface area contributed by atoms with Crippen molar-refractivity contribution in [1.29, 1.82) is 0 Å². The van der Waals surface area contributed by atoms with Crippen molar-refractivity contribution < 1.29 is 27.5 Å². The molecule has 1 aromatic carbocycles. The van der Waals surface area contributed by atoms with E-state index in [-0.39, 0.29) is 16.6 Å². The van der Waals surface area contributed by atoms with Crippen molar-refractivity contribution in [2.45, 2.75) is 43.6 Å². The van der Waals surface area contributed by atoms with Crippen LogP contribution in [0.25, 0.3) is 0 Å². The van der Waals surface area contributed by atoms with Crippen molar-refractivity contribution in [2.24, 2.45) is 0 Å². The molecule has 9 heteroatoms. The van der Waals surface area contributed by atoms with E-state index in [9.17, 15) is 22.8 Å². The minimum atomic E-state index is -3.90. The number of carbonyl (C=O) groups is 3. The van der Waals surface area contributed by atoms with E-state index in [4.69, 9.17) is 4.74 Å². The Hall–Kier alpha value is -2.26. The van der Waals surface area contributed by atoms with Crippen LogP contribution in [0, 0.1) is 0 Å². The number of Topliss-reactive ketones (excluding diaryl/α,β-unsaturated/α-hetero) is 1. The Morgan fingerprint density at radius 1 is 1.23 bits per heavy atom. The van der Waals surface area contributed by atoms with Gasteiger partial charge in [0.1, 0.15) is 6.54 Å². The number of likely N-dealkylation sites (N-methyl/N-ethyl adjacent to an activating group) is 1. The second kappa shape index (κ2) is 8.41. The zero-order valence-corrected chi connectivity index (χ0v) is 15.5. The summed E-state index contributed by atoms with van der Waals surface area (Å²) in [4.78, 5) is 34.7. The number of esters is 1. The topological polar surface area (TPSA) is 110 Å². The van der Waals surface area contributed by atoms with Crippen LogP contribution >= 0.6 is 0 Å². The number of carbonyl (C=O) groups excluding carboxylic acids is 3. The zero-order chi connectivity index (χ0) is 19.3. The number of ketones is 1. The van der Waals surface area contributed by atoms with E-state index in [1.165, 1.54) is 38.2 Å². The number of benzene rings is 1. The standard InChI is InChI=1S/C17H22N2O6S/c1-12(20)18-13-7-9-14(10-8-13)26(23,24)19(2)11-17(22)25-16-6-4-3-5-15(16)21/h7-10,16H,3-6,11H2,1-2H3,(H,18,20)/t16-/m1/s1. The smallest absolute Gasteiger partial charge is 0.322 e. The number of nitrogens with zero attached hydrogens (tertiary/aromatic N) is 1. The molecule has 1 N–H and O–H groups in total. The molecule has 0 heterocycles. The summed E-state index contributed by atoms with van der Waals surface area (Å²) in [5.74, 6) is -1.15. The lowest BCUT2D eigenvalue weighted by Crippen LogP contribution is -2.37. The maximum Gasteiger partial charge on any atom is 0.322 e. The SMILES string of the molecule is CC(=O)Nc1ccc(S(=O)(=O)N(C)CC(=O)O[C@@H]2CCCCC2=O)cc1. The molecule has 0 radical (unpaired) electrons. The molecule has 0 saturated heterocycles. The highest BCUT2D eigenvalue weighted by Gasteiger charge is 2.28. The van der Waals surface area contributed by atoms with Gasteiger partial charge in [0.05, 0.1) is 4.90 Å². The molecule has 1 atom stereocenters. The molecule has 0 aliphatic heterocycles. The number of nitrogens with one attached hydrogen (secondary N) is 1. The number of anilines is 1. The summed E-state index contributed by atoms with van der Waals surface area (Å²) >= 11 is 0. The van der Waals surface area contributed by atoms with Crippen LogP contribution in [-0.2, 0) is 29.1 Å². The van der Waals surface area contributed by atoms with Crippen LogP contribution in [0.4, 0.5) is 5.69 Å². The van der Waals surface area contributed by atoms with Crippen molar-refractivity contribution >= 4 is 33.4 Å². The van der Waals surface area contributed by atoms with Gasteiger partial charge in [-0.2, -0.15) is 4.31 Å². The van der Waals surface area contributed by atoms with Crippen LogP contribution in [-0.4, -0.2) is 50.1 Å². The van der Waals surface area contributed by atoms with Gasteiger partial charge in [-0.25, -0.2) is 8.42 Å². The van der Waals surface area contributed by atoms with Crippen molar-refractivity contribution in [3.05, 3.63) is 24.3 Å². The summed E-state index contributed by atoms with van der Waals surface area (Å²) < 4.78 is 31.0. The lowest BCUT2D eigenvalue weighted by molar-refractivity contribution is -0.156. The number of ether oxygens (including phenoxy) is 1. The fourth-order valence-corrected chi connectivity index (χ4v) is 3.75. The summed E-state index contributed by atoms with van der Waals surface area (Å²) in [6.07, 6.45) is 1.68. The molecular formula is C17H22N2O6S.